The van der Waals surface area contributed by atoms with Crippen LogP contribution in [-0.4, -0.2) is 46.1 Å². The first-order valence-electron chi connectivity index (χ1n) is 15.0. The Kier molecular flexibility index (Phi) is 9.37. The Morgan fingerprint density at radius 2 is 1.21 bits per heavy atom. The SMILES string of the molecule is C=Cc1c(C)c2cc3[nH]c(cc4nc(cc5nc(cc1[nH]2)C(C)=C5CCC(=O)OC)C(CCC(=O)OC)=C4C)c(C)c3C(F)=C(F)F. The summed E-state index contributed by atoms with van der Waals surface area (Å²) >= 11 is 0. The van der Waals surface area contributed by atoms with Gasteiger partial charge in [-0.3, -0.25) is 9.59 Å². The van der Waals surface area contributed by atoms with E-state index in [0.717, 1.165) is 33.4 Å². The van der Waals surface area contributed by atoms with E-state index in [2.05, 4.69) is 16.5 Å². The maximum atomic E-state index is 15.1. The molecule has 3 aromatic heterocycles. The highest BCUT2D eigenvalue weighted by atomic mass is 19.3. The molecule has 2 aliphatic heterocycles. The number of nitrogens with one attached hydrogen (secondary N) is 2. The van der Waals surface area contributed by atoms with Crippen LogP contribution in [-0.2, 0) is 19.1 Å². The third-order valence-electron chi connectivity index (χ3n) is 8.79. The summed E-state index contributed by atoms with van der Waals surface area (Å²) in [6.45, 7) is 11.2. The monoisotopic (exact) mass is 644 g/mol. The van der Waals surface area contributed by atoms with Gasteiger partial charge in [-0.25, -0.2) is 14.4 Å². The van der Waals surface area contributed by atoms with Gasteiger partial charge in [-0.2, -0.15) is 8.78 Å². The zero-order chi connectivity index (χ0) is 34.2. The number of hydrogen-bond donors (Lipinski definition) is 2. The number of carbonyl (C=O) groups is 2. The zero-order valence-corrected chi connectivity index (χ0v) is 27.1. The standard InChI is InChI=1S/C36H35F3N4O4/c1-8-21-17(2)26-15-31-34(35(37)36(38)39)20(5)27(43-31)13-24-18(3)22(9-11-32(44)46-6)29(41-24)16-30-23(10-12-33(45)47-7)19(4)25(42-30)14-28(21)40-26/h8,13-16,40,43H,1,9-12H2,2-7H3. The van der Waals surface area contributed by atoms with Gasteiger partial charge in [0.25, 0.3) is 0 Å². The number of aromatic nitrogens is 4. The number of fused-ring (bicyclic) bond motifs is 8. The van der Waals surface area contributed by atoms with E-state index >= 15 is 4.39 Å². The van der Waals surface area contributed by atoms with Gasteiger partial charge in [-0.05, 0) is 98.2 Å². The highest BCUT2D eigenvalue weighted by Crippen LogP contribution is 2.39. The van der Waals surface area contributed by atoms with Crippen molar-refractivity contribution in [1.29, 1.82) is 0 Å². The number of rotatable bonds is 8. The molecule has 2 N–H and O–H groups in total. The van der Waals surface area contributed by atoms with Gasteiger partial charge in [0, 0.05) is 40.5 Å². The average molecular weight is 645 g/mol. The maximum absolute atomic E-state index is 15.1. The molecule has 0 unspecified atom stereocenters. The summed E-state index contributed by atoms with van der Waals surface area (Å²) in [4.78, 5) is 40.6. The second kappa shape index (κ2) is 13.3. The van der Waals surface area contributed by atoms with Crippen LogP contribution in [0.15, 0.2) is 36.9 Å². The van der Waals surface area contributed by atoms with E-state index in [1.54, 1.807) is 25.1 Å². The van der Waals surface area contributed by atoms with Gasteiger partial charge in [-0.1, -0.05) is 12.7 Å². The summed E-state index contributed by atoms with van der Waals surface area (Å²) in [6, 6.07) is 6.96. The van der Waals surface area contributed by atoms with E-state index < -0.39 is 17.9 Å². The maximum Gasteiger partial charge on any atom is 0.306 e. The van der Waals surface area contributed by atoms with Crippen LogP contribution in [0.25, 0.3) is 56.3 Å². The van der Waals surface area contributed by atoms with Gasteiger partial charge in [0.15, 0.2) is 5.83 Å². The van der Waals surface area contributed by atoms with E-state index in [0.29, 0.717) is 52.2 Å². The van der Waals surface area contributed by atoms with Gasteiger partial charge in [0.1, 0.15) is 0 Å². The van der Waals surface area contributed by atoms with Crippen LogP contribution in [0.2, 0.25) is 0 Å². The molecule has 8 nitrogen and oxygen atoms in total. The fraction of sp³-hybridized carbons (Fsp3) is 0.278. The molecule has 0 saturated carbocycles. The van der Waals surface area contributed by atoms with E-state index in [9.17, 15) is 18.4 Å². The molecule has 47 heavy (non-hydrogen) atoms. The Bertz CT molecular complexity index is 2100. The number of halogens is 3. The predicted octanol–water partition coefficient (Wildman–Crippen LogP) is 8.88. The number of carbonyl (C=O) groups excluding carboxylic acids is 2. The number of ether oxygens (including phenoxy) is 2. The predicted molar refractivity (Wildman–Crippen MR) is 178 cm³/mol. The van der Waals surface area contributed by atoms with E-state index in [1.807, 2.05) is 32.9 Å². The minimum atomic E-state index is -2.43. The second-order valence-corrected chi connectivity index (χ2v) is 11.4. The zero-order valence-electron chi connectivity index (χ0n) is 27.1. The minimum absolute atomic E-state index is 0.0974. The van der Waals surface area contributed by atoms with Crippen LogP contribution >= 0.6 is 0 Å². The Morgan fingerprint density at radius 3 is 1.70 bits per heavy atom. The number of nitrogens with zero attached hydrogens (tertiary/aromatic N) is 2. The molecule has 3 aromatic rings. The summed E-state index contributed by atoms with van der Waals surface area (Å²) in [5.74, 6) is -2.37. The first kappa shape index (κ1) is 33.2. The van der Waals surface area contributed by atoms with Crippen LogP contribution in [0, 0.1) is 13.8 Å². The van der Waals surface area contributed by atoms with Crippen molar-refractivity contribution < 1.29 is 32.2 Å². The van der Waals surface area contributed by atoms with Crippen molar-refractivity contribution in [2.75, 3.05) is 14.2 Å². The van der Waals surface area contributed by atoms with Crippen LogP contribution < -0.4 is 0 Å². The lowest BCUT2D eigenvalue weighted by molar-refractivity contribution is -0.141. The fourth-order valence-corrected chi connectivity index (χ4v) is 6.05. The molecule has 0 atom stereocenters. The van der Waals surface area contributed by atoms with Crippen molar-refractivity contribution in [3.8, 4) is 0 Å². The number of esters is 2. The lowest BCUT2D eigenvalue weighted by Crippen LogP contribution is -2.01. The molecule has 0 fully saturated rings. The van der Waals surface area contributed by atoms with E-state index in [1.165, 1.54) is 14.2 Å². The molecule has 0 amide bonds. The molecule has 5 rings (SSSR count). The molecule has 0 aromatic carbocycles. The Hall–Kier alpha value is -5.19. The molecular weight excluding hydrogens is 609 g/mol. The second-order valence-electron chi connectivity index (χ2n) is 11.4. The van der Waals surface area contributed by atoms with Crippen LogP contribution in [0.3, 0.4) is 0 Å². The van der Waals surface area contributed by atoms with Gasteiger partial charge in [-0.15, -0.1) is 0 Å². The van der Waals surface area contributed by atoms with Crippen molar-refractivity contribution in [3.05, 3.63) is 82.0 Å². The van der Waals surface area contributed by atoms with Gasteiger partial charge in [0.2, 0.25) is 0 Å². The molecule has 8 bridgehead atoms. The van der Waals surface area contributed by atoms with Gasteiger partial charge in [0.05, 0.1) is 42.5 Å². The van der Waals surface area contributed by atoms with Crippen LogP contribution in [0.1, 0.15) is 84.6 Å². The van der Waals surface area contributed by atoms with Crippen molar-refractivity contribution in [3.63, 3.8) is 0 Å². The molecule has 2 aliphatic rings. The molecule has 0 saturated heterocycles. The Morgan fingerprint density at radius 1 is 0.723 bits per heavy atom. The molecule has 11 heteroatoms. The van der Waals surface area contributed by atoms with Crippen molar-refractivity contribution in [2.24, 2.45) is 0 Å². The molecule has 0 radical (unpaired) electrons. The van der Waals surface area contributed by atoms with Gasteiger partial charge < -0.3 is 19.4 Å². The Balaban J connectivity index is 1.93. The summed E-state index contributed by atoms with van der Waals surface area (Å²) in [6.07, 6.45) is 0.177. The summed E-state index contributed by atoms with van der Waals surface area (Å²) < 4.78 is 52.3. The average Bonchev–Trinajstić information content (AvgIpc) is 3.71. The van der Waals surface area contributed by atoms with Crippen LogP contribution in [0.5, 0.6) is 0 Å². The van der Waals surface area contributed by atoms with Crippen molar-refractivity contribution in [2.45, 2.75) is 53.4 Å². The highest BCUT2D eigenvalue weighted by Gasteiger charge is 2.24. The summed E-state index contributed by atoms with van der Waals surface area (Å²) in [5, 5.41) is 0. The number of aromatic amines is 2. The highest BCUT2D eigenvalue weighted by molar-refractivity contribution is 5.97. The molecule has 0 spiro atoms. The number of aryl methyl sites for hydroxylation is 2. The lowest BCUT2D eigenvalue weighted by Gasteiger charge is -2.06. The van der Waals surface area contributed by atoms with E-state index in [-0.39, 0.29) is 35.5 Å². The normalized spacial score (nSPS) is 12.8. The first-order valence-corrected chi connectivity index (χ1v) is 15.0. The van der Waals surface area contributed by atoms with E-state index in [4.69, 9.17) is 19.4 Å². The Labute approximate surface area is 269 Å². The molecule has 5 heterocycles. The lowest BCUT2D eigenvalue weighted by atomic mass is 9.98. The molecular formula is C36H35F3N4O4. The number of H-pyrrole nitrogens is 2. The first-order chi connectivity index (χ1) is 22.4. The largest absolute Gasteiger partial charge is 0.469 e. The molecule has 244 valence electrons. The topological polar surface area (TPSA) is 110 Å². The summed E-state index contributed by atoms with van der Waals surface area (Å²) in [5.41, 5.74) is 8.85. The molecule has 0 aliphatic carbocycles. The number of allylic oxidation sites excluding steroid dienone is 4. The summed E-state index contributed by atoms with van der Waals surface area (Å²) in [7, 11) is 2.66. The smallest absolute Gasteiger partial charge is 0.306 e. The fourth-order valence-electron chi connectivity index (χ4n) is 6.05. The van der Waals surface area contributed by atoms with Crippen molar-refractivity contribution >= 4 is 68.2 Å². The minimum Gasteiger partial charge on any atom is -0.469 e. The van der Waals surface area contributed by atoms with Gasteiger partial charge >= 0.3 is 18.0 Å². The van der Waals surface area contributed by atoms with Crippen molar-refractivity contribution in [1.82, 2.24) is 19.9 Å². The number of methoxy groups -OCH3 is 2. The third-order valence-corrected chi connectivity index (χ3v) is 8.79. The quantitative estimate of drug-likeness (QED) is 0.237. The van der Waals surface area contributed by atoms with Crippen LogP contribution in [0.4, 0.5) is 13.2 Å². The number of hydrogen-bond acceptors (Lipinski definition) is 6. The third kappa shape index (κ3) is 6.30.